The van der Waals surface area contributed by atoms with Crippen LogP contribution in [0.3, 0.4) is 0 Å². The molecule has 0 atom stereocenters. The number of aromatic hydroxyl groups is 1. The van der Waals surface area contributed by atoms with Gasteiger partial charge >= 0.3 is 0 Å². The third-order valence-corrected chi connectivity index (χ3v) is 5.46. The Labute approximate surface area is 191 Å². The number of aliphatic imine (C=N–C) groups is 1. The van der Waals surface area contributed by atoms with Crippen LogP contribution in [-0.2, 0) is 6.54 Å². The summed E-state index contributed by atoms with van der Waals surface area (Å²) in [6, 6.07) is 13.6. The van der Waals surface area contributed by atoms with E-state index in [0.717, 1.165) is 48.4 Å². The van der Waals surface area contributed by atoms with E-state index < -0.39 is 0 Å². The topological polar surface area (TPSA) is 59.6 Å². The lowest BCUT2D eigenvalue weighted by Crippen LogP contribution is -1.97. The first kappa shape index (κ1) is 23.6. The number of imidazole rings is 1. The minimum atomic E-state index is 0.242. The van der Waals surface area contributed by atoms with Crippen LogP contribution in [0, 0.1) is 0 Å². The van der Waals surface area contributed by atoms with Gasteiger partial charge in [0.1, 0.15) is 11.5 Å². The Morgan fingerprint density at radius 2 is 1.81 bits per heavy atom. The van der Waals surface area contributed by atoms with Crippen LogP contribution in [0.15, 0.2) is 66.2 Å². The molecule has 0 aliphatic rings. The van der Waals surface area contributed by atoms with Crippen molar-refractivity contribution in [1.29, 1.82) is 0 Å². The number of phenolic OH excluding ortho intramolecular Hbond substituents is 1. The van der Waals surface area contributed by atoms with E-state index in [-0.39, 0.29) is 5.75 Å². The van der Waals surface area contributed by atoms with Crippen LogP contribution in [-0.4, -0.2) is 34.0 Å². The second kappa shape index (κ2) is 13.4. The Kier molecular flexibility index (Phi) is 9.84. The molecule has 0 fully saturated rings. The highest BCUT2D eigenvalue weighted by atomic mass is 16.5. The number of nitrogens with zero attached hydrogens (tertiary/aromatic N) is 3. The molecule has 0 saturated heterocycles. The van der Waals surface area contributed by atoms with Crippen LogP contribution in [0.2, 0.25) is 0 Å². The Morgan fingerprint density at radius 1 is 1.00 bits per heavy atom. The van der Waals surface area contributed by atoms with Crippen molar-refractivity contribution in [3.63, 3.8) is 0 Å². The maximum absolute atomic E-state index is 10.5. The minimum absolute atomic E-state index is 0.242. The van der Waals surface area contributed by atoms with Gasteiger partial charge in [0.05, 0.1) is 12.9 Å². The van der Waals surface area contributed by atoms with Gasteiger partial charge in [-0.25, -0.2) is 4.98 Å². The molecule has 0 aliphatic heterocycles. The Morgan fingerprint density at radius 3 is 2.56 bits per heavy atom. The molecule has 1 aromatic heterocycles. The van der Waals surface area contributed by atoms with Crippen LogP contribution >= 0.6 is 0 Å². The van der Waals surface area contributed by atoms with Gasteiger partial charge in [0.2, 0.25) is 0 Å². The van der Waals surface area contributed by atoms with Gasteiger partial charge in [0.15, 0.2) is 0 Å². The maximum Gasteiger partial charge on any atom is 0.127 e. The fourth-order valence-electron chi connectivity index (χ4n) is 3.60. The summed E-state index contributed by atoms with van der Waals surface area (Å²) >= 11 is 0. The number of hydrogen-bond donors (Lipinski definition) is 1. The Bertz CT molecular complexity index is 934. The lowest BCUT2D eigenvalue weighted by Gasteiger charge is -2.10. The molecule has 0 amide bonds. The summed E-state index contributed by atoms with van der Waals surface area (Å²) in [5.74, 6) is 0.964. The summed E-state index contributed by atoms with van der Waals surface area (Å²) in [5, 5.41) is 10.5. The van der Waals surface area contributed by atoms with E-state index in [1.54, 1.807) is 12.3 Å². The normalized spacial score (nSPS) is 11.3. The molecule has 1 heterocycles. The van der Waals surface area contributed by atoms with Crippen LogP contribution in [0.25, 0.3) is 11.1 Å². The molecular formula is C27H35N3O2. The smallest absolute Gasteiger partial charge is 0.127 e. The third kappa shape index (κ3) is 7.88. The predicted molar refractivity (Wildman–Crippen MR) is 132 cm³/mol. The first-order valence-electron chi connectivity index (χ1n) is 11.8. The standard InChI is InChI=1S/C27H35N3O2/c1-2-3-4-5-6-7-19-32-25-13-14-26(27(31)20-25)24-11-9-23(10-12-24)21-28-15-8-17-30-18-16-29-22-30/h9-14,16,18,20-22,31H,2-8,15,17,19H2,1H3. The van der Waals surface area contributed by atoms with Gasteiger partial charge in [-0.05, 0) is 36.1 Å². The molecule has 5 heteroatoms. The summed E-state index contributed by atoms with van der Waals surface area (Å²) in [6.45, 7) is 4.63. The zero-order chi connectivity index (χ0) is 22.4. The van der Waals surface area contributed by atoms with Gasteiger partial charge < -0.3 is 14.4 Å². The highest BCUT2D eigenvalue weighted by Crippen LogP contribution is 2.32. The number of rotatable bonds is 14. The fraction of sp³-hybridized carbons (Fsp3) is 0.407. The highest BCUT2D eigenvalue weighted by Gasteiger charge is 2.06. The zero-order valence-corrected chi connectivity index (χ0v) is 19.1. The quantitative estimate of drug-likeness (QED) is 0.233. The Hall–Kier alpha value is -3.08. The van der Waals surface area contributed by atoms with Crippen molar-refractivity contribution in [2.24, 2.45) is 4.99 Å². The average molecular weight is 434 g/mol. The predicted octanol–water partition coefficient (Wildman–Crippen LogP) is 6.50. The summed E-state index contributed by atoms with van der Waals surface area (Å²) in [4.78, 5) is 8.54. The van der Waals surface area contributed by atoms with E-state index in [0.29, 0.717) is 6.61 Å². The lowest BCUT2D eigenvalue weighted by molar-refractivity contribution is 0.303. The molecule has 0 aliphatic carbocycles. The molecule has 3 aromatic rings. The van der Waals surface area contributed by atoms with Crippen LogP contribution in [0.4, 0.5) is 0 Å². The number of hydrogen-bond acceptors (Lipinski definition) is 4. The van der Waals surface area contributed by atoms with Gasteiger partial charge in [-0.15, -0.1) is 0 Å². The summed E-state index contributed by atoms with van der Waals surface area (Å²) in [5.41, 5.74) is 2.83. The average Bonchev–Trinajstić information content (AvgIpc) is 3.33. The van der Waals surface area contributed by atoms with Crippen molar-refractivity contribution in [1.82, 2.24) is 9.55 Å². The van der Waals surface area contributed by atoms with E-state index in [2.05, 4.69) is 21.5 Å². The third-order valence-electron chi connectivity index (χ3n) is 5.46. The molecule has 0 spiro atoms. The first-order chi connectivity index (χ1) is 15.8. The van der Waals surface area contributed by atoms with E-state index >= 15 is 0 Å². The molecule has 2 aromatic carbocycles. The molecule has 32 heavy (non-hydrogen) atoms. The number of unbranched alkanes of at least 4 members (excludes halogenated alkanes) is 5. The monoisotopic (exact) mass is 433 g/mol. The van der Waals surface area contributed by atoms with Crippen molar-refractivity contribution in [2.45, 2.75) is 58.4 Å². The number of phenols is 1. The van der Waals surface area contributed by atoms with Crippen LogP contribution < -0.4 is 4.74 Å². The number of benzene rings is 2. The van der Waals surface area contributed by atoms with E-state index in [1.165, 1.54) is 32.1 Å². The van der Waals surface area contributed by atoms with Crippen molar-refractivity contribution >= 4 is 6.21 Å². The van der Waals surface area contributed by atoms with E-state index in [4.69, 9.17) is 4.74 Å². The van der Waals surface area contributed by atoms with Gasteiger partial charge in [0, 0.05) is 43.3 Å². The number of aromatic nitrogens is 2. The second-order valence-corrected chi connectivity index (χ2v) is 8.11. The number of ether oxygens (including phenoxy) is 1. The molecule has 5 nitrogen and oxygen atoms in total. The van der Waals surface area contributed by atoms with Gasteiger partial charge in [-0.2, -0.15) is 0 Å². The van der Waals surface area contributed by atoms with E-state index in [9.17, 15) is 5.11 Å². The van der Waals surface area contributed by atoms with Gasteiger partial charge in [0.25, 0.3) is 0 Å². The summed E-state index contributed by atoms with van der Waals surface area (Å²) in [7, 11) is 0. The lowest BCUT2D eigenvalue weighted by atomic mass is 10.0. The molecule has 0 bridgehead atoms. The Balaban J connectivity index is 1.43. The molecule has 1 N–H and O–H groups in total. The second-order valence-electron chi connectivity index (χ2n) is 8.11. The van der Waals surface area contributed by atoms with Crippen LogP contribution in [0.5, 0.6) is 11.5 Å². The maximum atomic E-state index is 10.5. The number of aryl methyl sites for hydroxylation is 1. The highest BCUT2D eigenvalue weighted by molar-refractivity contribution is 5.81. The molecule has 0 saturated carbocycles. The SMILES string of the molecule is CCCCCCCCOc1ccc(-c2ccc(C=NCCCn3ccnc3)cc2)c(O)c1. The largest absolute Gasteiger partial charge is 0.507 e. The van der Waals surface area contributed by atoms with E-state index in [1.807, 2.05) is 55.1 Å². The van der Waals surface area contributed by atoms with Gasteiger partial charge in [-0.3, -0.25) is 4.99 Å². The fourth-order valence-corrected chi connectivity index (χ4v) is 3.60. The zero-order valence-electron chi connectivity index (χ0n) is 19.1. The molecule has 0 radical (unpaired) electrons. The molecular weight excluding hydrogens is 398 g/mol. The minimum Gasteiger partial charge on any atom is -0.507 e. The van der Waals surface area contributed by atoms with Crippen molar-refractivity contribution in [3.8, 4) is 22.6 Å². The van der Waals surface area contributed by atoms with Crippen LogP contribution in [0.1, 0.15) is 57.4 Å². The summed E-state index contributed by atoms with van der Waals surface area (Å²) < 4.78 is 7.87. The molecule has 0 unspecified atom stereocenters. The van der Waals surface area contributed by atoms with Gasteiger partial charge in [-0.1, -0.05) is 63.3 Å². The van der Waals surface area contributed by atoms with Crippen molar-refractivity contribution in [2.75, 3.05) is 13.2 Å². The summed E-state index contributed by atoms with van der Waals surface area (Å²) in [6.07, 6.45) is 15.9. The van der Waals surface area contributed by atoms with Crippen molar-refractivity contribution in [3.05, 3.63) is 66.7 Å². The molecule has 3 rings (SSSR count). The van der Waals surface area contributed by atoms with Crippen molar-refractivity contribution < 1.29 is 9.84 Å². The molecule has 170 valence electrons. The first-order valence-corrected chi connectivity index (χ1v) is 11.8.